The molecular formula is C17H19ClN4O2. The van der Waals surface area contributed by atoms with Gasteiger partial charge in [0.05, 0.1) is 25.5 Å². The van der Waals surface area contributed by atoms with Crippen molar-refractivity contribution in [1.82, 2.24) is 15.3 Å². The van der Waals surface area contributed by atoms with Crippen LogP contribution in [0.15, 0.2) is 30.3 Å². The average molecular weight is 347 g/mol. The molecule has 1 aromatic carbocycles. The lowest BCUT2D eigenvalue weighted by Crippen LogP contribution is -2.37. The van der Waals surface area contributed by atoms with E-state index >= 15 is 0 Å². The maximum absolute atomic E-state index is 12.2. The van der Waals surface area contributed by atoms with Gasteiger partial charge in [-0.15, -0.1) is 0 Å². The first kappa shape index (κ1) is 16.7. The smallest absolute Gasteiger partial charge is 0.251 e. The summed E-state index contributed by atoms with van der Waals surface area (Å²) >= 11 is 5.92. The van der Waals surface area contributed by atoms with Crippen molar-refractivity contribution in [2.24, 2.45) is 0 Å². The number of aromatic nitrogens is 2. The summed E-state index contributed by atoms with van der Waals surface area (Å²) in [6.45, 7) is 5.17. The van der Waals surface area contributed by atoms with Crippen molar-refractivity contribution >= 4 is 23.5 Å². The molecule has 1 aromatic heterocycles. The summed E-state index contributed by atoms with van der Waals surface area (Å²) < 4.78 is 5.35. The van der Waals surface area contributed by atoms with Gasteiger partial charge in [-0.25, -0.2) is 9.97 Å². The fourth-order valence-electron chi connectivity index (χ4n) is 2.51. The highest BCUT2D eigenvalue weighted by atomic mass is 35.5. The van der Waals surface area contributed by atoms with E-state index in [9.17, 15) is 4.79 Å². The fraction of sp³-hybridized carbons (Fsp3) is 0.353. The highest BCUT2D eigenvalue weighted by Crippen LogP contribution is 2.13. The molecule has 1 saturated heterocycles. The van der Waals surface area contributed by atoms with E-state index in [4.69, 9.17) is 16.3 Å². The Balaban J connectivity index is 1.68. The number of morpholine rings is 1. The summed E-state index contributed by atoms with van der Waals surface area (Å²) in [4.78, 5) is 23.3. The van der Waals surface area contributed by atoms with Crippen LogP contribution >= 0.6 is 11.6 Å². The molecule has 0 spiro atoms. The zero-order valence-electron chi connectivity index (χ0n) is 13.5. The number of nitrogens with one attached hydrogen (secondary N) is 1. The Bertz CT molecular complexity index is 732. The number of carbonyl (C=O) groups excluding carboxylic acids is 1. The normalized spacial score (nSPS) is 14.5. The predicted octanol–water partition coefficient (Wildman–Crippen LogP) is 2.21. The quantitative estimate of drug-likeness (QED) is 0.919. The summed E-state index contributed by atoms with van der Waals surface area (Å²) in [6, 6.07) is 8.73. The van der Waals surface area contributed by atoms with Crippen molar-refractivity contribution in [1.29, 1.82) is 0 Å². The van der Waals surface area contributed by atoms with Gasteiger partial charge in [-0.2, -0.15) is 0 Å². The molecular weight excluding hydrogens is 328 g/mol. The summed E-state index contributed by atoms with van der Waals surface area (Å²) in [6.07, 6.45) is 0. The molecule has 2 aromatic rings. The van der Waals surface area contributed by atoms with Crippen LogP contribution < -0.4 is 10.2 Å². The van der Waals surface area contributed by atoms with Crippen LogP contribution in [0.5, 0.6) is 0 Å². The summed E-state index contributed by atoms with van der Waals surface area (Å²) in [5.41, 5.74) is 2.18. The van der Waals surface area contributed by atoms with Crippen molar-refractivity contribution in [3.63, 3.8) is 0 Å². The van der Waals surface area contributed by atoms with E-state index in [-0.39, 0.29) is 5.91 Å². The van der Waals surface area contributed by atoms with Crippen LogP contribution in [-0.4, -0.2) is 42.2 Å². The molecule has 1 aliphatic heterocycles. The SMILES string of the molecule is Cc1cc(CNC(=O)c2cccc(Cl)c2)nc(N2CCOCC2)n1. The topological polar surface area (TPSA) is 67.4 Å². The molecule has 0 unspecified atom stereocenters. The third-order valence-electron chi connectivity index (χ3n) is 3.71. The standard InChI is InChI=1S/C17H19ClN4O2/c1-12-9-15(21-17(20-12)22-5-7-24-8-6-22)11-19-16(23)13-3-2-4-14(18)10-13/h2-4,9-10H,5-8,11H2,1H3,(H,19,23). The minimum Gasteiger partial charge on any atom is -0.378 e. The highest BCUT2D eigenvalue weighted by Gasteiger charge is 2.15. The first-order chi connectivity index (χ1) is 11.6. The number of hydrogen-bond acceptors (Lipinski definition) is 5. The molecule has 1 fully saturated rings. The molecule has 0 aliphatic carbocycles. The van der Waals surface area contributed by atoms with Gasteiger partial charge in [-0.1, -0.05) is 17.7 Å². The van der Waals surface area contributed by atoms with E-state index in [2.05, 4.69) is 20.2 Å². The van der Waals surface area contributed by atoms with Gasteiger partial charge in [0.1, 0.15) is 0 Å². The molecule has 0 radical (unpaired) electrons. The summed E-state index contributed by atoms with van der Waals surface area (Å²) in [7, 11) is 0. The zero-order valence-corrected chi connectivity index (χ0v) is 14.2. The van der Waals surface area contributed by atoms with E-state index in [1.165, 1.54) is 0 Å². The predicted molar refractivity (Wildman–Crippen MR) is 92.4 cm³/mol. The largest absolute Gasteiger partial charge is 0.378 e. The Labute approximate surface area is 145 Å². The van der Waals surface area contributed by atoms with E-state index in [0.717, 1.165) is 24.5 Å². The lowest BCUT2D eigenvalue weighted by atomic mass is 10.2. The van der Waals surface area contributed by atoms with Crippen molar-refractivity contribution in [2.75, 3.05) is 31.2 Å². The van der Waals surface area contributed by atoms with Crippen LogP contribution in [0.4, 0.5) is 5.95 Å². The molecule has 3 rings (SSSR count). The van der Waals surface area contributed by atoms with Gasteiger partial charge in [0, 0.05) is 29.4 Å². The van der Waals surface area contributed by atoms with E-state index in [1.54, 1.807) is 24.3 Å². The number of carbonyl (C=O) groups is 1. The molecule has 0 saturated carbocycles. The Kier molecular flexibility index (Phi) is 5.27. The Morgan fingerprint density at radius 1 is 1.29 bits per heavy atom. The number of rotatable bonds is 4. The Morgan fingerprint density at radius 2 is 2.08 bits per heavy atom. The molecule has 1 amide bonds. The Morgan fingerprint density at radius 3 is 2.83 bits per heavy atom. The van der Waals surface area contributed by atoms with Crippen LogP contribution in [0, 0.1) is 6.92 Å². The van der Waals surface area contributed by atoms with Gasteiger partial charge >= 0.3 is 0 Å². The number of benzene rings is 1. The zero-order chi connectivity index (χ0) is 16.9. The first-order valence-corrected chi connectivity index (χ1v) is 8.20. The van der Waals surface area contributed by atoms with E-state index < -0.39 is 0 Å². The maximum atomic E-state index is 12.2. The second kappa shape index (κ2) is 7.59. The van der Waals surface area contributed by atoms with Crippen molar-refractivity contribution in [3.05, 3.63) is 52.3 Å². The number of amides is 1. The van der Waals surface area contributed by atoms with Gasteiger partial charge < -0.3 is 15.0 Å². The molecule has 24 heavy (non-hydrogen) atoms. The van der Waals surface area contributed by atoms with Crippen molar-refractivity contribution in [3.8, 4) is 0 Å². The van der Waals surface area contributed by atoms with Gasteiger partial charge in [0.25, 0.3) is 5.91 Å². The Hall–Kier alpha value is -2.18. The van der Waals surface area contributed by atoms with Crippen molar-refractivity contribution in [2.45, 2.75) is 13.5 Å². The molecule has 6 nitrogen and oxygen atoms in total. The van der Waals surface area contributed by atoms with Gasteiger partial charge in [0.2, 0.25) is 5.95 Å². The third-order valence-corrected chi connectivity index (χ3v) is 3.94. The van der Waals surface area contributed by atoms with Crippen LogP contribution in [0.3, 0.4) is 0 Å². The maximum Gasteiger partial charge on any atom is 0.251 e. The van der Waals surface area contributed by atoms with Gasteiger partial charge in [0.15, 0.2) is 0 Å². The number of anilines is 1. The van der Waals surface area contributed by atoms with E-state index in [0.29, 0.717) is 36.3 Å². The van der Waals surface area contributed by atoms with Crippen LogP contribution in [0.25, 0.3) is 0 Å². The average Bonchev–Trinajstić information content (AvgIpc) is 2.60. The number of aryl methyl sites for hydroxylation is 1. The molecule has 2 heterocycles. The molecule has 7 heteroatoms. The highest BCUT2D eigenvalue weighted by molar-refractivity contribution is 6.30. The minimum atomic E-state index is -0.179. The molecule has 0 bridgehead atoms. The van der Waals surface area contributed by atoms with Crippen molar-refractivity contribution < 1.29 is 9.53 Å². The molecule has 1 aliphatic rings. The first-order valence-electron chi connectivity index (χ1n) is 7.83. The minimum absolute atomic E-state index is 0.179. The number of nitrogens with zero attached hydrogens (tertiary/aromatic N) is 3. The monoisotopic (exact) mass is 346 g/mol. The lowest BCUT2D eigenvalue weighted by molar-refractivity contribution is 0.0950. The molecule has 0 atom stereocenters. The lowest BCUT2D eigenvalue weighted by Gasteiger charge is -2.27. The van der Waals surface area contributed by atoms with Crippen LogP contribution in [0.2, 0.25) is 5.02 Å². The van der Waals surface area contributed by atoms with E-state index in [1.807, 2.05) is 13.0 Å². The number of hydrogen-bond donors (Lipinski definition) is 1. The third kappa shape index (κ3) is 4.21. The van der Waals surface area contributed by atoms with Gasteiger partial charge in [-0.05, 0) is 31.2 Å². The number of halogens is 1. The fourth-order valence-corrected chi connectivity index (χ4v) is 2.71. The second-order valence-corrected chi connectivity index (χ2v) is 6.03. The van der Waals surface area contributed by atoms with Crippen LogP contribution in [0.1, 0.15) is 21.7 Å². The van der Waals surface area contributed by atoms with Crippen LogP contribution in [-0.2, 0) is 11.3 Å². The molecule has 1 N–H and O–H groups in total. The summed E-state index contributed by atoms with van der Waals surface area (Å²) in [5, 5.41) is 3.41. The molecule has 126 valence electrons. The number of ether oxygens (including phenoxy) is 1. The summed E-state index contributed by atoms with van der Waals surface area (Å²) in [5.74, 6) is 0.506. The second-order valence-electron chi connectivity index (χ2n) is 5.59. The van der Waals surface area contributed by atoms with Gasteiger partial charge in [-0.3, -0.25) is 4.79 Å².